The number of amides is 1. The Labute approximate surface area is 174 Å². The van der Waals surface area contributed by atoms with Crippen molar-refractivity contribution in [3.8, 4) is 28.7 Å². The van der Waals surface area contributed by atoms with Gasteiger partial charge in [-0.1, -0.05) is 11.6 Å². The molecule has 0 unspecified atom stereocenters. The highest BCUT2D eigenvalue weighted by molar-refractivity contribution is 6.32. The van der Waals surface area contributed by atoms with Crippen LogP contribution in [0.5, 0.6) is 28.7 Å². The van der Waals surface area contributed by atoms with Crippen molar-refractivity contribution in [1.29, 1.82) is 0 Å². The van der Waals surface area contributed by atoms with Gasteiger partial charge in [0.25, 0.3) is 0 Å². The van der Waals surface area contributed by atoms with Crippen molar-refractivity contribution in [1.82, 2.24) is 5.32 Å². The van der Waals surface area contributed by atoms with E-state index in [1.807, 2.05) is 6.92 Å². The lowest BCUT2D eigenvalue weighted by Crippen LogP contribution is -2.26. The first-order valence-electron chi connectivity index (χ1n) is 9.09. The zero-order valence-electron chi connectivity index (χ0n) is 16.2. The van der Waals surface area contributed by atoms with Crippen LogP contribution in [0.4, 0.5) is 0 Å². The molecule has 29 heavy (non-hydrogen) atoms. The van der Waals surface area contributed by atoms with E-state index < -0.39 is 0 Å². The van der Waals surface area contributed by atoms with Crippen LogP contribution >= 0.6 is 11.6 Å². The summed E-state index contributed by atoms with van der Waals surface area (Å²) in [5.74, 6) is 2.75. The molecule has 2 aromatic rings. The lowest BCUT2D eigenvalue weighted by molar-refractivity contribution is -0.116. The maximum absolute atomic E-state index is 12.0. The van der Waals surface area contributed by atoms with Gasteiger partial charge in [0, 0.05) is 12.1 Å². The highest BCUT2D eigenvalue weighted by atomic mass is 35.5. The molecule has 0 radical (unpaired) electrons. The number of hydrogen-bond acceptors (Lipinski definition) is 6. The van der Waals surface area contributed by atoms with E-state index in [4.69, 9.17) is 35.3 Å². The molecule has 0 fully saturated rings. The van der Waals surface area contributed by atoms with Crippen molar-refractivity contribution in [2.24, 2.45) is 0 Å². The Morgan fingerprint density at radius 3 is 2.83 bits per heavy atom. The molecular weight excluding hydrogens is 398 g/mol. The number of carbonyl (C=O) groups excluding carboxylic acids is 1. The average molecular weight is 420 g/mol. The molecule has 0 saturated heterocycles. The molecule has 0 atom stereocenters. The highest BCUT2D eigenvalue weighted by Crippen LogP contribution is 2.37. The molecule has 2 aromatic carbocycles. The minimum absolute atomic E-state index is 0.215. The van der Waals surface area contributed by atoms with E-state index in [1.54, 1.807) is 36.4 Å². The van der Waals surface area contributed by atoms with Gasteiger partial charge >= 0.3 is 0 Å². The van der Waals surface area contributed by atoms with Gasteiger partial charge in [0.15, 0.2) is 23.0 Å². The Morgan fingerprint density at radius 2 is 2.03 bits per heavy atom. The van der Waals surface area contributed by atoms with Gasteiger partial charge < -0.3 is 29.0 Å². The summed E-state index contributed by atoms with van der Waals surface area (Å²) in [7, 11) is 1.53. The van der Waals surface area contributed by atoms with Gasteiger partial charge in [-0.2, -0.15) is 0 Å². The van der Waals surface area contributed by atoms with Crippen molar-refractivity contribution in [2.75, 3.05) is 33.7 Å². The first-order valence-corrected chi connectivity index (χ1v) is 9.47. The Kier molecular flexibility index (Phi) is 7.08. The second-order valence-electron chi connectivity index (χ2n) is 5.96. The van der Waals surface area contributed by atoms with E-state index in [0.717, 1.165) is 5.56 Å². The first kappa shape index (κ1) is 20.7. The molecule has 0 aromatic heterocycles. The summed E-state index contributed by atoms with van der Waals surface area (Å²) < 4.78 is 26.9. The summed E-state index contributed by atoms with van der Waals surface area (Å²) in [5.41, 5.74) is 0.728. The van der Waals surface area contributed by atoms with Gasteiger partial charge in [0.2, 0.25) is 12.7 Å². The van der Waals surface area contributed by atoms with E-state index in [2.05, 4.69) is 5.32 Å². The number of halogens is 1. The van der Waals surface area contributed by atoms with E-state index in [-0.39, 0.29) is 12.7 Å². The molecule has 1 N–H and O–H groups in total. The Morgan fingerprint density at radius 1 is 1.21 bits per heavy atom. The Hall–Kier alpha value is -3.06. The number of methoxy groups -OCH3 is 1. The molecule has 1 heterocycles. The van der Waals surface area contributed by atoms with Gasteiger partial charge in [-0.25, -0.2) is 0 Å². The fraction of sp³-hybridized carbons (Fsp3) is 0.286. The molecule has 8 heteroatoms. The lowest BCUT2D eigenvalue weighted by Gasteiger charge is -2.11. The van der Waals surface area contributed by atoms with Crippen molar-refractivity contribution in [2.45, 2.75) is 6.92 Å². The van der Waals surface area contributed by atoms with E-state index in [9.17, 15) is 4.79 Å². The maximum Gasteiger partial charge on any atom is 0.244 e. The molecule has 0 aliphatic carbocycles. The minimum Gasteiger partial charge on any atom is -0.492 e. The zero-order chi connectivity index (χ0) is 20.6. The average Bonchev–Trinajstić information content (AvgIpc) is 3.18. The Balaban J connectivity index is 1.48. The van der Waals surface area contributed by atoms with Gasteiger partial charge in [-0.05, 0) is 42.8 Å². The minimum atomic E-state index is -0.246. The first-order chi connectivity index (χ1) is 14.1. The zero-order valence-corrected chi connectivity index (χ0v) is 17.0. The van der Waals surface area contributed by atoms with Crippen LogP contribution < -0.4 is 29.0 Å². The predicted molar refractivity (Wildman–Crippen MR) is 109 cm³/mol. The highest BCUT2D eigenvalue weighted by Gasteiger charge is 2.13. The van der Waals surface area contributed by atoms with Crippen LogP contribution in [0.3, 0.4) is 0 Å². The van der Waals surface area contributed by atoms with Gasteiger partial charge in [-0.3, -0.25) is 4.79 Å². The number of carbonyl (C=O) groups is 1. The van der Waals surface area contributed by atoms with Crippen LogP contribution in [-0.4, -0.2) is 39.6 Å². The lowest BCUT2D eigenvalue weighted by atomic mass is 10.2. The number of rotatable bonds is 9. The predicted octanol–water partition coefficient (Wildman–Crippen LogP) is 3.68. The third-order valence-electron chi connectivity index (χ3n) is 3.98. The normalized spacial score (nSPS) is 12.1. The third-order valence-corrected chi connectivity index (χ3v) is 4.26. The second kappa shape index (κ2) is 9.93. The summed E-state index contributed by atoms with van der Waals surface area (Å²) in [6.45, 7) is 3.23. The molecule has 154 valence electrons. The number of hydrogen-bond donors (Lipinski definition) is 1. The molecule has 3 rings (SSSR count). The van der Waals surface area contributed by atoms with Crippen molar-refractivity contribution in [3.05, 3.63) is 47.0 Å². The fourth-order valence-electron chi connectivity index (χ4n) is 2.69. The van der Waals surface area contributed by atoms with E-state index in [1.165, 1.54) is 13.2 Å². The number of fused-ring (bicyclic) bond motifs is 1. The standard InChI is InChI=1S/C21H22ClNO6/c1-3-26-19-11-14(10-16(22)21(19)25-2)4-7-20(24)23-8-9-27-15-5-6-17-18(12-15)29-13-28-17/h4-7,10-12H,3,8-9,13H2,1-2H3,(H,23,24). The summed E-state index contributed by atoms with van der Waals surface area (Å²) >= 11 is 6.21. The quantitative estimate of drug-likeness (QED) is 0.493. The monoisotopic (exact) mass is 419 g/mol. The summed E-state index contributed by atoms with van der Waals surface area (Å²) in [5, 5.41) is 3.17. The maximum atomic E-state index is 12.0. The molecule has 1 amide bonds. The molecule has 0 spiro atoms. The van der Waals surface area contributed by atoms with Gasteiger partial charge in [0.1, 0.15) is 12.4 Å². The molecule has 0 bridgehead atoms. The topological polar surface area (TPSA) is 75.3 Å². The number of benzene rings is 2. The van der Waals surface area contributed by atoms with E-state index in [0.29, 0.717) is 53.5 Å². The molecule has 1 aliphatic heterocycles. The SMILES string of the molecule is CCOc1cc(C=CC(=O)NCCOc2ccc3c(c2)OCO3)cc(Cl)c1OC. The molecule has 1 aliphatic rings. The van der Waals surface area contributed by atoms with Crippen LogP contribution in [0.1, 0.15) is 12.5 Å². The number of ether oxygens (including phenoxy) is 5. The largest absolute Gasteiger partial charge is 0.492 e. The van der Waals surface area contributed by atoms with Crippen LogP contribution in [-0.2, 0) is 4.79 Å². The van der Waals surface area contributed by atoms with Crippen LogP contribution in [0.2, 0.25) is 5.02 Å². The van der Waals surface area contributed by atoms with Gasteiger partial charge in [0.05, 0.1) is 25.3 Å². The summed E-state index contributed by atoms with van der Waals surface area (Å²) in [4.78, 5) is 12.0. The molecular formula is C21H22ClNO6. The van der Waals surface area contributed by atoms with Crippen molar-refractivity contribution >= 4 is 23.6 Å². The van der Waals surface area contributed by atoms with Crippen LogP contribution in [0.15, 0.2) is 36.4 Å². The van der Waals surface area contributed by atoms with Crippen molar-refractivity contribution in [3.63, 3.8) is 0 Å². The summed E-state index contributed by atoms with van der Waals surface area (Å²) in [6.07, 6.45) is 3.08. The van der Waals surface area contributed by atoms with Crippen LogP contribution in [0.25, 0.3) is 6.08 Å². The van der Waals surface area contributed by atoms with Crippen LogP contribution in [0, 0.1) is 0 Å². The number of nitrogens with one attached hydrogen (secondary N) is 1. The molecule has 0 saturated carbocycles. The van der Waals surface area contributed by atoms with Gasteiger partial charge in [-0.15, -0.1) is 0 Å². The molecule has 7 nitrogen and oxygen atoms in total. The summed E-state index contributed by atoms with van der Waals surface area (Å²) in [6, 6.07) is 8.80. The van der Waals surface area contributed by atoms with Crippen molar-refractivity contribution < 1.29 is 28.5 Å². The fourth-order valence-corrected chi connectivity index (χ4v) is 2.98. The third kappa shape index (κ3) is 5.48. The second-order valence-corrected chi connectivity index (χ2v) is 6.36. The smallest absolute Gasteiger partial charge is 0.244 e. The Bertz CT molecular complexity index is 899. The van der Waals surface area contributed by atoms with E-state index >= 15 is 0 Å².